The second-order valence-corrected chi connectivity index (χ2v) is 42.2. The van der Waals surface area contributed by atoms with Crippen LogP contribution in [0.2, 0.25) is 15.1 Å². The van der Waals surface area contributed by atoms with Crippen molar-refractivity contribution in [2.24, 2.45) is 23.5 Å². The molecule has 3 aliphatic heterocycles. The number of aliphatic hydroxyl groups excluding tert-OH is 1. The maximum absolute atomic E-state index is 15.5. The van der Waals surface area contributed by atoms with Crippen LogP contribution in [0.3, 0.4) is 0 Å². The normalized spacial score (nSPS) is 18.6. The number of nitrogens with zero attached hydrogens (tertiary/aromatic N) is 6. The maximum atomic E-state index is 15.5. The number of likely N-dealkylation sites (tertiary alicyclic amines) is 3. The smallest absolute Gasteiger partial charge is 0.322 e. The van der Waals surface area contributed by atoms with E-state index in [0.717, 1.165) is 67.6 Å². The summed E-state index contributed by atoms with van der Waals surface area (Å²) in [5.41, 5.74) is 9.83. The first-order valence-electron chi connectivity index (χ1n) is 44.5. The van der Waals surface area contributed by atoms with E-state index in [1.54, 1.807) is 146 Å². The largest absolute Gasteiger partial charge is 0.391 e. The number of carbonyl (C=O) groups excluding carboxylic acids is 8. The topological polar surface area (TPSA) is 394 Å². The van der Waals surface area contributed by atoms with Gasteiger partial charge in [0.25, 0.3) is 0 Å². The second-order valence-electron chi connectivity index (χ2n) is 37.0. The molecule has 6 aliphatic rings. The first-order chi connectivity index (χ1) is 64.2. The van der Waals surface area contributed by atoms with Gasteiger partial charge in [-0.3, -0.25) is 24.0 Å². The molecule has 0 radical (unpaired) electrons. The number of hydrogen-bond acceptors (Lipinski definition) is 15. The van der Waals surface area contributed by atoms with Crippen LogP contribution in [0, 0.1) is 69.2 Å². The summed E-state index contributed by atoms with van der Waals surface area (Å²) in [6.07, 6.45) is 9.32. The molecule has 0 aromatic heterocycles. The second kappa shape index (κ2) is 44.5. The van der Waals surface area contributed by atoms with Gasteiger partial charge in [-0.1, -0.05) is 128 Å². The number of Topliss-reactive ketones (excluding diaryl/α,β-unsaturated/α-hetero) is 2. The number of nitrogens with two attached hydrogens (primary N) is 1. The highest BCUT2D eigenvalue weighted by molar-refractivity contribution is 7.84. The van der Waals surface area contributed by atoms with Gasteiger partial charge in [0.05, 0.1) is 119 Å². The number of nitriles is 3. The molecule has 3 aliphatic carbocycles. The van der Waals surface area contributed by atoms with E-state index >= 15 is 13.2 Å². The lowest BCUT2D eigenvalue weighted by atomic mass is 9.79. The Balaban J connectivity index is 0.000000183. The van der Waals surface area contributed by atoms with Crippen molar-refractivity contribution in [2.45, 2.75) is 188 Å². The third-order valence-corrected chi connectivity index (χ3v) is 28.8. The molecule has 712 valence electrons. The molecule has 136 heavy (non-hydrogen) atoms. The molecule has 26 nitrogen and oxygen atoms in total. The molecule has 9 amide bonds. The average Bonchev–Trinajstić information content (AvgIpc) is 1.46. The van der Waals surface area contributed by atoms with Crippen LogP contribution in [-0.4, -0.2) is 129 Å². The number of carbonyl (C=O) groups is 8. The van der Waals surface area contributed by atoms with Crippen LogP contribution in [0.15, 0.2) is 200 Å². The lowest BCUT2D eigenvalue weighted by Gasteiger charge is -2.38. The van der Waals surface area contributed by atoms with Crippen LogP contribution in [0.25, 0.3) is 0 Å². The summed E-state index contributed by atoms with van der Waals surface area (Å²) >= 11 is 17.8. The van der Waals surface area contributed by atoms with Gasteiger partial charge in [-0.25, -0.2) is 45.4 Å². The van der Waals surface area contributed by atoms with Crippen LogP contribution < -0.4 is 47.1 Å². The fourth-order valence-electron chi connectivity index (χ4n) is 16.5. The molecule has 9 aromatic carbocycles. The predicted octanol–water partition coefficient (Wildman–Crippen LogP) is 19.1. The summed E-state index contributed by atoms with van der Waals surface area (Å²) in [6, 6.07) is 54.6. The van der Waals surface area contributed by atoms with E-state index in [2.05, 4.69) is 59.6 Å². The molecule has 11 N–H and O–H groups in total. The van der Waals surface area contributed by atoms with Crippen molar-refractivity contribution in [3.8, 4) is 18.2 Å². The predicted molar refractivity (Wildman–Crippen MR) is 523 cm³/mol. The quantitative estimate of drug-likeness (QED) is 0.0218. The Bertz CT molecular complexity index is 6170. The Labute approximate surface area is 814 Å². The van der Waals surface area contributed by atoms with Gasteiger partial charge in [0, 0.05) is 57.9 Å². The summed E-state index contributed by atoms with van der Waals surface area (Å²) in [4.78, 5) is 108. The number of nitrogens with one attached hydrogen (secondary N) is 8. The Kier molecular flexibility index (Phi) is 33.7. The average molecular weight is 1970 g/mol. The standard InChI is InChI=1S/C35H39ClFN5O4S.C35H37ClFN5O4S.C31H29ClFN5O3.ClH/c2*1-34(2,3)47(46)41-35(16-15-22-7-8-22,24-6-4-5-23(17-24)20-38)25-9-14-29(37)30(18-25)40-32(44)31-19-28(43)21-42(31)33(45)39-27-12-10-26(36)11-13-27;32-23-7-9-24(10-8-23)36-30(41)38-18-25(39)16-28(38)29(40)37-27-15-22(6-11-26(27)33)31(35,13-12-19-4-5-19)21-3-1-2-20(14-21)17-34;/h4-6,9-14,17-18,22,28,31,41,43H,7-8,15-16,19,21H2,1-3H3,(H,39,45)(H,40,44);4-6,9-14,17-18,22,31,41H,7-8,15-16,19,21H2,1-3H3,(H,39,45)(H,40,44);1-3,6-11,14-15,19,28H,4-5,12-13,16,18,35H2,(H,36,41)(H,37,40);1H/t28-,31+,35?,47+;31-,35?,47-;28-,31?;/m011./s1. The number of urea groups is 3. The summed E-state index contributed by atoms with van der Waals surface area (Å²) in [5.74, 6) is -3.17. The summed E-state index contributed by atoms with van der Waals surface area (Å²) in [5, 5.41) is 56.6. The highest BCUT2D eigenvalue weighted by Crippen LogP contribution is 2.47. The van der Waals surface area contributed by atoms with E-state index < -0.39 is 126 Å². The molecule has 9 atom stereocenters. The molecule has 9 aromatic rings. The highest BCUT2D eigenvalue weighted by Gasteiger charge is 2.47. The van der Waals surface area contributed by atoms with Crippen LogP contribution in [-0.2, 0) is 62.6 Å². The van der Waals surface area contributed by atoms with Gasteiger partial charge in [0.2, 0.25) is 17.7 Å². The number of benzene rings is 9. The first-order valence-corrected chi connectivity index (χ1v) is 47.9. The molecule has 3 heterocycles. The van der Waals surface area contributed by atoms with E-state index in [0.29, 0.717) is 119 Å². The monoisotopic (exact) mass is 1970 g/mol. The number of ketones is 2. The summed E-state index contributed by atoms with van der Waals surface area (Å²) in [6.45, 7) is 10.5. The molecule has 35 heteroatoms. The first kappa shape index (κ1) is 103. The fraction of sp³-hybridized carbons (Fsp3) is 0.356. The van der Waals surface area contributed by atoms with Gasteiger partial charge in [0.15, 0.2) is 11.6 Å². The molecule has 3 saturated heterocycles. The fourth-order valence-corrected chi connectivity index (χ4v) is 18.8. The molecular formula is C101H106Cl4F3N15O11S2. The lowest BCUT2D eigenvalue weighted by molar-refractivity contribution is -0.121. The third kappa shape index (κ3) is 26.1. The number of rotatable bonds is 28. The van der Waals surface area contributed by atoms with Crippen LogP contribution in [0.5, 0.6) is 0 Å². The zero-order valence-electron chi connectivity index (χ0n) is 75.6. The van der Waals surface area contributed by atoms with E-state index in [9.17, 15) is 67.7 Å². The number of aliphatic hydroxyl groups is 1. The van der Waals surface area contributed by atoms with Gasteiger partial charge < -0.3 is 57.4 Å². The van der Waals surface area contributed by atoms with Gasteiger partial charge in [0.1, 0.15) is 35.6 Å². The zero-order chi connectivity index (χ0) is 97.0. The minimum atomic E-state index is -1.58. The molecule has 3 unspecified atom stereocenters. The van der Waals surface area contributed by atoms with Crippen LogP contribution in [0.4, 0.5) is 61.7 Å². The third-order valence-electron chi connectivity index (χ3n) is 24.7. The number of halogens is 7. The Morgan fingerprint density at radius 3 is 1.07 bits per heavy atom. The minimum absolute atomic E-state index is 0. The Hall–Kier alpha value is -11.9. The Morgan fingerprint density at radius 1 is 0.426 bits per heavy atom. The molecular weight excluding hydrogens is 1860 g/mol. The van der Waals surface area contributed by atoms with Crippen molar-refractivity contribution in [2.75, 3.05) is 51.5 Å². The SMILES string of the molecule is CC(C)(C)[S@@](=O)NC(CCC1CC1)(c1cccc(C#N)c1)c1ccc(F)c(NC(=O)[C@H]2CC(=O)CN2C(=O)Nc2ccc(Cl)cc2)c1.CC(C)(C)[S@@](=O)NC(CCC1CC1)(c1cccc(C#N)c1)c1ccc(F)c(NC(=O)[C@H]2C[C@H](O)CN2C(=O)Nc2ccc(Cl)cc2)c1.Cl.N#Cc1cccc(C(N)(CCC2CC2)c2ccc(F)c(NC(=O)[C@H]3CC(=O)CN3C(=O)Nc3ccc(Cl)cc3)c2)c1. The number of amides is 9. The number of hydrogen-bond donors (Lipinski definition) is 10. The molecule has 6 fully saturated rings. The van der Waals surface area contributed by atoms with E-state index in [1.807, 2.05) is 59.7 Å². The van der Waals surface area contributed by atoms with E-state index in [1.165, 1.54) is 41.3 Å². The van der Waals surface area contributed by atoms with Crippen LogP contribution >= 0.6 is 47.2 Å². The van der Waals surface area contributed by atoms with Gasteiger partial charge in [-0.05, 0) is 277 Å². The van der Waals surface area contributed by atoms with Crippen molar-refractivity contribution in [3.05, 3.63) is 283 Å². The maximum Gasteiger partial charge on any atom is 0.322 e. The van der Waals surface area contributed by atoms with Crippen molar-refractivity contribution in [1.82, 2.24) is 24.1 Å². The summed E-state index contributed by atoms with van der Waals surface area (Å²) in [7, 11) is -3.15. The summed E-state index contributed by atoms with van der Waals surface area (Å²) < 4.78 is 78.9. The number of β-amino-alcohol motifs (C(OH)–C–C–N with tert-alkyl or cyclic N) is 1. The minimum Gasteiger partial charge on any atom is -0.391 e. The zero-order valence-corrected chi connectivity index (χ0v) is 80.3. The molecule has 0 bridgehead atoms. The van der Waals surface area contributed by atoms with Crippen LogP contribution in [0.1, 0.15) is 188 Å². The highest BCUT2D eigenvalue weighted by atomic mass is 35.5. The molecule has 3 saturated carbocycles. The van der Waals surface area contributed by atoms with E-state index in [-0.39, 0.29) is 79.9 Å². The lowest BCUT2D eigenvalue weighted by Crippen LogP contribution is -2.49. The van der Waals surface area contributed by atoms with Gasteiger partial charge in [-0.15, -0.1) is 12.4 Å². The van der Waals surface area contributed by atoms with Crippen molar-refractivity contribution < 1.29 is 65.1 Å². The van der Waals surface area contributed by atoms with Crippen molar-refractivity contribution >= 4 is 151 Å². The van der Waals surface area contributed by atoms with Gasteiger partial charge >= 0.3 is 18.1 Å². The van der Waals surface area contributed by atoms with E-state index in [4.69, 9.17) is 40.5 Å². The van der Waals surface area contributed by atoms with Gasteiger partial charge in [-0.2, -0.15) is 15.8 Å². The molecule has 15 rings (SSSR count). The van der Waals surface area contributed by atoms with Crippen molar-refractivity contribution in [3.63, 3.8) is 0 Å². The number of anilines is 6. The molecule has 0 spiro atoms. The van der Waals surface area contributed by atoms with Crippen molar-refractivity contribution in [1.29, 1.82) is 15.8 Å². The Morgan fingerprint density at radius 2 is 0.728 bits per heavy atom.